The minimum absolute atomic E-state index is 0.00233. The summed E-state index contributed by atoms with van der Waals surface area (Å²) in [4.78, 5) is 24.4. The van der Waals surface area contributed by atoms with E-state index in [1.165, 1.54) is 17.0 Å². The van der Waals surface area contributed by atoms with Gasteiger partial charge in [0, 0.05) is 24.5 Å². The van der Waals surface area contributed by atoms with Crippen molar-refractivity contribution in [2.45, 2.75) is 13.0 Å². The van der Waals surface area contributed by atoms with Crippen LogP contribution in [-0.4, -0.2) is 29.8 Å². The summed E-state index contributed by atoms with van der Waals surface area (Å²) in [5.74, 6) is -0.722. The maximum absolute atomic E-state index is 12.9. The van der Waals surface area contributed by atoms with Crippen molar-refractivity contribution in [3.8, 4) is 0 Å². The van der Waals surface area contributed by atoms with Crippen LogP contribution < -0.4 is 5.32 Å². The SMILES string of the molecule is O=C1CCN(Cc2ccc(F)cc2Cl)C(=O)CN1. The van der Waals surface area contributed by atoms with Crippen LogP contribution in [0.5, 0.6) is 0 Å². The Morgan fingerprint density at radius 2 is 2.17 bits per heavy atom. The van der Waals surface area contributed by atoms with E-state index in [1.54, 1.807) is 6.07 Å². The minimum Gasteiger partial charge on any atom is -0.347 e. The number of benzene rings is 1. The Kier molecular flexibility index (Phi) is 3.81. The van der Waals surface area contributed by atoms with Gasteiger partial charge in [0.25, 0.3) is 0 Å². The molecular weight excluding hydrogens is 259 g/mol. The Hall–Kier alpha value is -1.62. The number of hydrogen-bond donors (Lipinski definition) is 1. The van der Waals surface area contributed by atoms with Gasteiger partial charge in [-0.3, -0.25) is 9.59 Å². The van der Waals surface area contributed by atoms with Crippen molar-refractivity contribution in [1.82, 2.24) is 10.2 Å². The van der Waals surface area contributed by atoms with Crippen LogP contribution in [0.1, 0.15) is 12.0 Å². The van der Waals surface area contributed by atoms with Crippen LogP contribution in [0.25, 0.3) is 0 Å². The lowest BCUT2D eigenvalue weighted by atomic mass is 10.2. The molecule has 0 aromatic heterocycles. The first-order chi connectivity index (χ1) is 8.56. The lowest BCUT2D eigenvalue weighted by Crippen LogP contribution is -2.34. The van der Waals surface area contributed by atoms with Crippen LogP contribution in [0.15, 0.2) is 18.2 Å². The molecule has 1 aromatic carbocycles. The molecule has 18 heavy (non-hydrogen) atoms. The number of carbonyl (C=O) groups is 2. The fourth-order valence-corrected chi connectivity index (χ4v) is 1.99. The summed E-state index contributed by atoms with van der Waals surface area (Å²) >= 11 is 5.91. The highest BCUT2D eigenvalue weighted by atomic mass is 35.5. The van der Waals surface area contributed by atoms with Crippen molar-refractivity contribution in [2.24, 2.45) is 0 Å². The van der Waals surface area contributed by atoms with Crippen LogP contribution >= 0.6 is 11.6 Å². The van der Waals surface area contributed by atoms with E-state index >= 15 is 0 Å². The van der Waals surface area contributed by atoms with Crippen molar-refractivity contribution in [2.75, 3.05) is 13.1 Å². The molecule has 0 bridgehead atoms. The summed E-state index contributed by atoms with van der Waals surface area (Å²) in [6.45, 7) is 0.628. The van der Waals surface area contributed by atoms with Gasteiger partial charge >= 0.3 is 0 Å². The van der Waals surface area contributed by atoms with E-state index in [4.69, 9.17) is 11.6 Å². The molecule has 1 aliphatic rings. The summed E-state index contributed by atoms with van der Waals surface area (Å²) < 4.78 is 12.9. The molecular formula is C12H12ClFN2O2. The van der Waals surface area contributed by atoms with Crippen molar-refractivity contribution in [1.29, 1.82) is 0 Å². The number of rotatable bonds is 2. The third-order valence-electron chi connectivity index (χ3n) is 2.77. The molecule has 1 aliphatic heterocycles. The molecule has 0 saturated carbocycles. The minimum atomic E-state index is -0.414. The number of nitrogens with one attached hydrogen (secondary N) is 1. The zero-order valence-electron chi connectivity index (χ0n) is 9.58. The monoisotopic (exact) mass is 270 g/mol. The lowest BCUT2D eigenvalue weighted by Gasteiger charge is -2.20. The highest BCUT2D eigenvalue weighted by Crippen LogP contribution is 2.19. The zero-order valence-corrected chi connectivity index (χ0v) is 10.3. The molecule has 0 unspecified atom stereocenters. The fourth-order valence-electron chi connectivity index (χ4n) is 1.76. The van der Waals surface area contributed by atoms with Gasteiger partial charge in [-0.05, 0) is 17.7 Å². The van der Waals surface area contributed by atoms with Crippen LogP contribution in [-0.2, 0) is 16.1 Å². The Labute approximate surface area is 109 Å². The smallest absolute Gasteiger partial charge is 0.242 e. The number of amides is 2. The molecule has 2 amide bonds. The second-order valence-corrected chi connectivity index (χ2v) is 4.48. The van der Waals surface area contributed by atoms with Gasteiger partial charge in [0.2, 0.25) is 11.8 Å². The van der Waals surface area contributed by atoms with Gasteiger partial charge in [0.05, 0.1) is 6.54 Å². The zero-order chi connectivity index (χ0) is 13.1. The summed E-state index contributed by atoms with van der Waals surface area (Å²) in [5, 5.41) is 2.79. The van der Waals surface area contributed by atoms with Gasteiger partial charge in [-0.25, -0.2) is 4.39 Å². The number of carbonyl (C=O) groups excluding carboxylic acids is 2. The maximum atomic E-state index is 12.9. The summed E-state index contributed by atoms with van der Waals surface area (Å²) in [5.41, 5.74) is 0.667. The first-order valence-corrected chi connectivity index (χ1v) is 5.92. The number of nitrogens with zero attached hydrogens (tertiary/aromatic N) is 1. The second kappa shape index (κ2) is 5.35. The Bertz CT molecular complexity index is 493. The first kappa shape index (κ1) is 12.8. The Morgan fingerprint density at radius 1 is 1.39 bits per heavy atom. The van der Waals surface area contributed by atoms with Crippen molar-refractivity contribution in [3.63, 3.8) is 0 Å². The molecule has 1 fully saturated rings. The molecule has 1 aromatic rings. The summed E-state index contributed by atoms with van der Waals surface area (Å²) in [7, 11) is 0. The topological polar surface area (TPSA) is 49.4 Å². The molecule has 4 nitrogen and oxygen atoms in total. The van der Waals surface area contributed by atoms with Gasteiger partial charge in [-0.1, -0.05) is 17.7 Å². The van der Waals surface area contributed by atoms with E-state index in [0.29, 0.717) is 12.1 Å². The third-order valence-corrected chi connectivity index (χ3v) is 3.13. The largest absolute Gasteiger partial charge is 0.347 e. The van der Waals surface area contributed by atoms with E-state index in [1.807, 2.05) is 0 Å². The quantitative estimate of drug-likeness (QED) is 0.881. The predicted octanol–water partition coefficient (Wildman–Crippen LogP) is 1.33. The Balaban J connectivity index is 2.12. The predicted molar refractivity (Wildman–Crippen MR) is 64.5 cm³/mol. The van der Waals surface area contributed by atoms with Gasteiger partial charge in [0.1, 0.15) is 5.82 Å². The fraction of sp³-hybridized carbons (Fsp3) is 0.333. The molecule has 96 valence electrons. The highest BCUT2D eigenvalue weighted by Gasteiger charge is 2.20. The standard InChI is InChI=1S/C12H12ClFN2O2/c13-10-5-9(14)2-1-8(10)7-16-4-3-11(17)15-6-12(16)18/h1-2,5H,3-4,6-7H2,(H,15,17). The maximum Gasteiger partial charge on any atom is 0.242 e. The van der Waals surface area contributed by atoms with E-state index in [2.05, 4.69) is 5.32 Å². The van der Waals surface area contributed by atoms with Crippen LogP contribution in [0.4, 0.5) is 4.39 Å². The first-order valence-electron chi connectivity index (χ1n) is 5.54. The van der Waals surface area contributed by atoms with E-state index < -0.39 is 5.82 Å². The molecule has 0 spiro atoms. The molecule has 6 heteroatoms. The van der Waals surface area contributed by atoms with Crippen molar-refractivity contribution < 1.29 is 14.0 Å². The van der Waals surface area contributed by atoms with Crippen LogP contribution in [0, 0.1) is 5.82 Å². The normalized spacial score (nSPS) is 16.4. The lowest BCUT2D eigenvalue weighted by molar-refractivity contribution is -0.130. The van der Waals surface area contributed by atoms with Gasteiger partial charge in [0.15, 0.2) is 0 Å². The van der Waals surface area contributed by atoms with Crippen molar-refractivity contribution >= 4 is 23.4 Å². The molecule has 0 atom stereocenters. The van der Waals surface area contributed by atoms with Gasteiger partial charge in [-0.2, -0.15) is 0 Å². The number of hydrogen-bond acceptors (Lipinski definition) is 2. The molecule has 0 aliphatic carbocycles. The second-order valence-electron chi connectivity index (χ2n) is 4.08. The number of halogens is 2. The van der Waals surface area contributed by atoms with Crippen molar-refractivity contribution in [3.05, 3.63) is 34.6 Å². The molecule has 2 rings (SSSR count). The van der Waals surface area contributed by atoms with Gasteiger partial charge in [-0.15, -0.1) is 0 Å². The Morgan fingerprint density at radius 3 is 2.89 bits per heavy atom. The van der Waals surface area contributed by atoms with E-state index in [9.17, 15) is 14.0 Å². The average molecular weight is 271 g/mol. The van der Waals surface area contributed by atoms with E-state index in [0.717, 1.165) is 0 Å². The van der Waals surface area contributed by atoms with Crippen LogP contribution in [0.2, 0.25) is 5.02 Å². The molecule has 1 N–H and O–H groups in total. The summed E-state index contributed by atoms with van der Waals surface area (Å²) in [6, 6.07) is 4.06. The molecule has 0 radical (unpaired) electrons. The van der Waals surface area contributed by atoms with E-state index in [-0.39, 0.29) is 36.3 Å². The highest BCUT2D eigenvalue weighted by molar-refractivity contribution is 6.31. The van der Waals surface area contributed by atoms with Gasteiger partial charge < -0.3 is 10.2 Å². The third kappa shape index (κ3) is 2.98. The van der Waals surface area contributed by atoms with Crippen LogP contribution in [0.3, 0.4) is 0 Å². The molecule has 1 heterocycles. The average Bonchev–Trinajstić information content (AvgIpc) is 2.47. The summed E-state index contributed by atoms with van der Waals surface area (Å²) in [6.07, 6.45) is 0.268. The molecule has 1 saturated heterocycles.